The van der Waals surface area contributed by atoms with E-state index in [0.717, 1.165) is 49.5 Å². The topological polar surface area (TPSA) is 71.0 Å². The van der Waals surface area contributed by atoms with Crippen LogP contribution in [0, 0.1) is 0 Å². The molecule has 6 nitrogen and oxygen atoms in total. The summed E-state index contributed by atoms with van der Waals surface area (Å²) >= 11 is 6.18. The summed E-state index contributed by atoms with van der Waals surface area (Å²) in [4.78, 5) is 15.7. The highest BCUT2D eigenvalue weighted by Gasteiger charge is 2.48. The number of hydrogen-bond donors (Lipinski definition) is 1. The Hall–Kier alpha value is -2.09. The maximum absolute atomic E-state index is 12.7. The first kappa shape index (κ1) is 21.2. The van der Waals surface area contributed by atoms with Crippen LogP contribution in [0.5, 0.6) is 5.75 Å². The van der Waals surface area contributed by atoms with Crippen molar-refractivity contribution in [2.24, 2.45) is 4.36 Å². The van der Waals surface area contributed by atoms with Crippen LogP contribution < -0.4 is 10.1 Å². The molecule has 1 unspecified atom stereocenters. The summed E-state index contributed by atoms with van der Waals surface area (Å²) < 4.78 is 22.1. The lowest BCUT2D eigenvalue weighted by Gasteiger charge is -2.37. The standard InChI is InChI=1S/C22H26ClN3O3S/c1-24-30(2,28)18-6-4-17(5-7-18)29-14-13-26-11-9-22(10-12-26)19-15-16(23)3-8-20(19)25-21(22)27/h3-8,15H,9-14H2,1-2H3,(H,25,27). The molecule has 2 heterocycles. The number of carbonyl (C=O) groups excluding carboxylic acids is 1. The van der Waals surface area contributed by atoms with Crippen molar-refractivity contribution in [3.63, 3.8) is 0 Å². The van der Waals surface area contributed by atoms with Crippen LogP contribution in [0.1, 0.15) is 18.4 Å². The lowest BCUT2D eigenvalue weighted by Crippen LogP contribution is -2.47. The normalized spacial score (nSPS) is 19.8. The molecule has 0 aliphatic carbocycles. The minimum Gasteiger partial charge on any atom is -0.492 e. The molecular formula is C22H26ClN3O3S. The molecule has 4 rings (SSSR count). The monoisotopic (exact) mass is 447 g/mol. The molecule has 160 valence electrons. The number of nitrogens with one attached hydrogen (secondary N) is 1. The van der Waals surface area contributed by atoms with E-state index in [0.29, 0.717) is 16.5 Å². The molecule has 2 aromatic carbocycles. The van der Waals surface area contributed by atoms with Gasteiger partial charge in [-0.1, -0.05) is 11.6 Å². The Bertz CT molecular complexity index is 1070. The third kappa shape index (κ3) is 3.94. The molecule has 0 radical (unpaired) electrons. The highest BCUT2D eigenvalue weighted by molar-refractivity contribution is 7.93. The number of ether oxygens (including phenoxy) is 1. The Balaban J connectivity index is 1.32. The molecule has 8 heteroatoms. The number of fused-ring (bicyclic) bond motifs is 2. The van der Waals surface area contributed by atoms with E-state index in [1.165, 1.54) is 0 Å². The number of nitrogens with zero attached hydrogens (tertiary/aromatic N) is 2. The van der Waals surface area contributed by atoms with Crippen LogP contribution in [0.2, 0.25) is 5.02 Å². The summed E-state index contributed by atoms with van der Waals surface area (Å²) in [5, 5.41) is 3.68. The quantitative estimate of drug-likeness (QED) is 0.756. The summed E-state index contributed by atoms with van der Waals surface area (Å²) in [6, 6.07) is 12.9. The summed E-state index contributed by atoms with van der Waals surface area (Å²) in [5.74, 6) is 0.833. The van der Waals surface area contributed by atoms with Crippen molar-refractivity contribution in [3.8, 4) is 5.75 Å². The first-order valence-corrected chi connectivity index (χ1v) is 12.3. The summed E-state index contributed by atoms with van der Waals surface area (Å²) in [5.41, 5.74) is 1.45. The van der Waals surface area contributed by atoms with Gasteiger partial charge in [-0.05, 0) is 74.0 Å². The van der Waals surface area contributed by atoms with E-state index in [1.54, 1.807) is 25.4 Å². The number of hydrogen-bond acceptors (Lipinski definition) is 5. The summed E-state index contributed by atoms with van der Waals surface area (Å²) in [6.45, 7) is 3.01. The molecule has 0 saturated carbocycles. The van der Waals surface area contributed by atoms with Crippen molar-refractivity contribution in [3.05, 3.63) is 53.1 Å². The van der Waals surface area contributed by atoms with Gasteiger partial charge >= 0.3 is 0 Å². The van der Waals surface area contributed by atoms with E-state index in [9.17, 15) is 9.00 Å². The summed E-state index contributed by atoms with van der Waals surface area (Å²) in [6.07, 6.45) is 3.17. The van der Waals surface area contributed by atoms with Crippen LogP contribution in [0.3, 0.4) is 0 Å². The van der Waals surface area contributed by atoms with Crippen molar-refractivity contribution in [1.29, 1.82) is 0 Å². The average Bonchev–Trinajstić information content (AvgIpc) is 3.01. The Labute approximate surface area is 182 Å². The predicted molar refractivity (Wildman–Crippen MR) is 120 cm³/mol. The lowest BCUT2D eigenvalue weighted by molar-refractivity contribution is -0.122. The Morgan fingerprint density at radius 3 is 2.57 bits per heavy atom. The van der Waals surface area contributed by atoms with E-state index in [-0.39, 0.29) is 5.91 Å². The second-order valence-electron chi connectivity index (χ2n) is 7.87. The van der Waals surface area contributed by atoms with Crippen molar-refractivity contribution in [1.82, 2.24) is 4.90 Å². The third-order valence-corrected chi connectivity index (χ3v) is 8.25. The van der Waals surface area contributed by atoms with Crippen LogP contribution in [0.25, 0.3) is 0 Å². The van der Waals surface area contributed by atoms with Crippen molar-refractivity contribution >= 4 is 32.9 Å². The Morgan fingerprint density at radius 1 is 1.20 bits per heavy atom. The van der Waals surface area contributed by atoms with Crippen molar-refractivity contribution < 1.29 is 13.7 Å². The first-order chi connectivity index (χ1) is 14.3. The van der Waals surface area contributed by atoms with Gasteiger partial charge in [0, 0.05) is 35.5 Å². The van der Waals surface area contributed by atoms with Crippen LogP contribution >= 0.6 is 11.6 Å². The molecule has 0 aromatic heterocycles. The molecule has 2 aromatic rings. The zero-order chi connectivity index (χ0) is 21.4. The second kappa shape index (κ2) is 8.21. The minimum absolute atomic E-state index is 0.0853. The predicted octanol–water partition coefficient (Wildman–Crippen LogP) is 3.79. The number of amides is 1. The van der Waals surface area contributed by atoms with Gasteiger partial charge in [0.2, 0.25) is 5.91 Å². The fourth-order valence-electron chi connectivity index (χ4n) is 4.23. The fraction of sp³-hybridized carbons (Fsp3) is 0.409. The minimum atomic E-state index is -2.32. The van der Waals surface area contributed by atoms with Gasteiger partial charge in [-0.25, -0.2) is 8.57 Å². The number of benzene rings is 2. The summed E-state index contributed by atoms with van der Waals surface area (Å²) in [7, 11) is -0.754. The smallest absolute Gasteiger partial charge is 0.235 e. The van der Waals surface area contributed by atoms with Gasteiger partial charge in [-0.15, -0.1) is 0 Å². The second-order valence-corrected chi connectivity index (χ2v) is 10.8. The van der Waals surface area contributed by atoms with Gasteiger partial charge in [-0.2, -0.15) is 0 Å². The SMILES string of the molecule is CN=S(C)(=O)c1ccc(OCCN2CCC3(CC2)C(=O)Nc2ccc(Cl)cc23)cc1. The fourth-order valence-corrected chi connectivity index (χ4v) is 5.25. The molecule has 1 N–H and O–H groups in total. The number of halogens is 1. The Morgan fingerprint density at radius 2 is 1.90 bits per heavy atom. The number of anilines is 1. The van der Waals surface area contributed by atoms with Crippen LogP contribution in [-0.4, -0.2) is 54.6 Å². The van der Waals surface area contributed by atoms with E-state index >= 15 is 0 Å². The zero-order valence-electron chi connectivity index (χ0n) is 17.2. The van der Waals surface area contributed by atoms with E-state index < -0.39 is 15.1 Å². The molecular weight excluding hydrogens is 422 g/mol. The highest BCUT2D eigenvalue weighted by atomic mass is 35.5. The van der Waals surface area contributed by atoms with Crippen LogP contribution in [-0.2, 0) is 19.9 Å². The molecule has 1 amide bonds. The maximum Gasteiger partial charge on any atom is 0.235 e. The number of piperidine rings is 1. The third-order valence-electron chi connectivity index (χ3n) is 6.18. The number of rotatable bonds is 5. The average molecular weight is 448 g/mol. The van der Waals surface area contributed by atoms with Gasteiger partial charge in [0.05, 0.1) is 15.1 Å². The molecule has 1 spiro atoms. The van der Waals surface area contributed by atoms with Crippen molar-refractivity contribution in [2.75, 3.05) is 44.9 Å². The highest BCUT2D eigenvalue weighted by Crippen LogP contribution is 2.45. The van der Waals surface area contributed by atoms with E-state index in [1.807, 2.05) is 30.3 Å². The lowest BCUT2D eigenvalue weighted by atomic mass is 9.73. The van der Waals surface area contributed by atoms with Gasteiger partial charge in [0.1, 0.15) is 12.4 Å². The number of likely N-dealkylation sites (tertiary alicyclic amines) is 1. The van der Waals surface area contributed by atoms with E-state index in [2.05, 4.69) is 14.6 Å². The number of carbonyl (C=O) groups is 1. The largest absolute Gasteiger partial charge is 0.492 e. The Kier molecular flexibility index (Phi) is 5.79. The molecule has 1 saturated heterocycles. The molecule has 0 bridgehead atoms. The van der Waals surface area contributed by atoms with Gasteiger partial charge in [0.25, 0.3) is 0 Å². The van der Waals surface area contributed by atoms with Crippen LogP contribution in [0.15, 0.2) is 51.7 Å². The molecule has 1 atom stereocenters. The van der Waals surface area contributed by atoms with E-state index in [4.69, 9.17) is 16.3 Å². The van der Waals surface area contributed by atoms with Gasteiger partial charge < -0.3 is 10.1 Å². The molecule has 2 aliphatic rings. The molecule has 30 heavy (non-hydrogen) atoms. The van der Waals surface area contributed by atoms with Crippen LogP contribution in [0.4, 0.5) is 5.69 Å². The first-order valence-electron chi connectivity index (χ1n) is 10.0. The molecule has 1 fully saturated rings. The molecule has 2 aliphatic heterocycles. The van der Waals surface area contributed by atoms with Gasteiger partial charge in [-0.3, -0.25) is 9.69 Å². The zero-order valence-corrected chi connectivity index (χ0v) is 18.8. The van der Waals surface area contributed by atoms with Crippen molar-refractivity contribution in [2.45, 2.75) is 23.2 Å². The van der Waals surface area contributed by atoms with Gasteiger partial charge in [0.15, 0.2) is 0 Å². The maximum atomic E-state index is 12.7.